The standard InChI is InChI=1S/C25H23N3O5/c1-14(23(29)28-25(26)31)33-24(30)21-18-5-3-4-6-20(18)27-22-16(9-12-19(21)22)13-15-7-10-17(32-2)11-8-15/h3-8,10-11,13-14H,9,12H2,1-2H3,(H3,26,28,29,31)/b16-13+. The fourth-order valence-electron chi connectivity index (χ4n) is 3.91. The Labute approximate surface area is 190 Å². The number of benzene rings is 2. The molecule has 33 heavy (non-hydrogen) atoms. The monoisotopic (exact) mass is 445 g/mol. The van der Waals surface area contributed by atoms with Crippen LogP contribution in [0.5, 0.6) is 5.75 Å². The summed E-state index contributed by atoms with van der Waals surface area (Å²) in [7, 11) is 1.62. The van der Waals surface area contributed by atoms with Gasteiger partial charge in [0.2, 0.25) is 0 Å². The third-order valence-electron chi connectivity index (χ3n) is 5.50. The molecule has 2 aromatic carbocycles. The summed E-state index contributed by atoms with van der Waals surface area (Å²) in [6.07, 6.45) is 2.18. The summed E-state index contributed by atoms with van der Waals surface area (Å²) in [6, 6.07) is 14.0. The van der Waals surface area contributed by atoms with Gasteiger partial charge in [0.05, 0.1) is 23.9 Å². The van der Waals surface area contributed by atoms with E-state index in [0.717, 1.165) is 28.1 Å². The van der Waals surface area contributed by atoms with Crippen LogP contribution < -0.4 is 15.8 Å². The van der Waals surface area contributed by atoms with Crippen molar-refractivity contribution in [3.63, 3.8) is 0 Å². The van der Waals surface area contributed by atoms with Crippen molar-refractivity contribution in [2.45, 2.75) is 25.9 Å². The molecule has 3 aromatic rings. The number of esters is 1. The predicted molar refractivity (Wildman–Crippen MR) is 124 cm³/mol. The molecule has 0 fully saturated rings. The van der Waals surface area contributed by atoms with Gasteiger partial charge < -0.3 is 15.2 Å². The minimum absolute atomic E-state index is 0.382. The van der Waals surface area contributed by atoms with Crippen LogP contribution in [0.15, 0.2) is 48.5 Å². The Morgan fingerprint density at radius 1 is 1.09 bits per heavy atom. The highest BCUT2D eigenvalue weighted by molar-refractivity contribution is 6.08. The number of ether oxygens (including phenoxy) is 2. The number of rotatable bonds is 5. The normalized spacial score (nSPS) is 14.5. The second-order valence-electron chi connectivity index (χ2n) is 7.67. The van der Waals surface area contributed by atoms with E-state index in [1.54, 1.807) is 13.2 Å². The fraction of sp³-hybridized carbons (Fsp3) is 0.200. The number of para-hydroxylation sites is 1. The molecule has 0 radical (unpaired) electrons. The molecule has 8 heteroatoms. The summed E-state index contributed by atoms with van der Waals surface area (Å²) in [5, 5.41) is 2.57. The molecule has 1 atom stereocenters. The number of urea groups is 1. The van der Waals surface area contributed by atoms with Crippen LogP contribution in [0.3, 0.4) is 0 Å². The van der Waals surface area contributed by atoms with Gasteiger partial charge in [-0.2, -0.15) is 0 Å². The van der Waals surface area contributed by atoms with Gasteiger partial charge in [-0.1, -0.05) is 30.3 Å². The lowest BCUT2D eigenvalue weighted by molar-refractivity contribution is -0.127. The molecule has 0 spiro atoms. The van der Waals surface area contributed by atoms with E-state index in [2.05, 4.69) is 0 Å². The zero-order valence-corrected chi connectivity index (χ0v) is 18.3. The van der Waals surface area contributed by atoms with Crippen molar-refractivity contribution >= 4 is 40.5 Å². The summed E-state index contributed by atoms with van der Waals surface area (Å²) >= 11 is 0. The van der Waals surface area contributed by atoms with Crippen LogP contribution in [-0.4, -0.2) is 36.1 Å². The number of nitrogens with two attached hydrogens (primary N) is 1. The number of aromatic nitrogens is 1. The molecule has 1 aromatic heterocycles. The molecule has 168 valence electrons. The minimum atomic E-state index is -1.19. The molecule has 0 saturated carbocycles. The van der Waals surface area contributed by atoms with Gasteiger partial charge in [0, 0.05) is 5.39 Å². The minimum Gasteiger partial charge on any atom is -0.497 e. The number of hydrogen-bond donors (Lipinski definition) is 2. The van der Waals surface area contributed by atoms with Crippen LogP contribution in [0.2, 0.25) is 0 Å². The lowest BCUT2D eigenvalue weighted by Gasteiger charge is -2.15. The number of carbonyl (C=O) groups is 3. The van der Waals surface area contributed by atoms with Crippen LogP contribution in [0.4, 0.5) is 4.79 Å². The summed E-state index contributed by atoms with van der Waals surface area (Å²) in [5.41, 5.74) is 9.54. The highest BCUT2D eigenvalue weighted by Gasteiger charge is 2.29. The maximum Gasteiger partial charge on any atom is 0.339 e. The lowest BCUT2D eigenvalue weighted by atomic mass is 10.0. The average molecular weight is 445 g/mol. The number of carbonyl (C=O) groups excluding carboxylic acids is 3. The van der Waals surface area contributed by atoms with Gasteiger partial charge in [0.15, 0.2) is 6.10 Å². The SMILES string of the molecule is COc1ccc(/C=C2\CCc3c2nc2ccccc2c3C(=O)OC(C)C(=O)NC(N)=O)cc1. The first-order chi connectivity index (χ1) is 15.9. The van der Waals surface area contributed by atoms with Crippen LogP contribution in [0, 0.1) is 0 Å². The van der Waals surface area contributed by atoms with Crippen molar-refractivity contribution in [1.82, 2.24) is 10.3 Å². The first-order valence-corrected chi connectivity index (χ1v) is 10.4. The van der Waals surface area contributed by atoms with Gasteiger partial charge in [-0.25, -0.2) is 14.6 Å². The first kappa shape index (κ1) is 22.0. The molecule has 3 amide bonds. The van der Waals surface area contributed by atoms with Crippen molar-refractivity contribution in [3.05, 3.63) is 70.9 Å². The average Bonchev–Trinajstić information content (AvgIpc) is 3.19. The van der Waals surface area contributed by atoms with Crippen molar-refractivity contribution in [1.29, 1.82) is 0 Å². The molecule has 0 aliphatic heterocycles. The van der Waals surface area contributed by atoms with Gasteiger partial charge in [-0.15, -0.1) is 0 Å². The zero-order chi connectivity index (χ0) is 23.5. The van der Waals surface area contributed by atoms with Crippen molar-refractivity contribution in [2.75, 3.05) is 7.11 Å². The van der Waals surface area contributed by atoms with Crippen LogP contribution in [0.25, 0.3) is 22.6 Å². The van der Waals surface area contributed by atoms with Crippen molar-refractivity contribution in [3.8, 4) is 5.75 Å². The summed E-state index contributed by atoms with van der Waals surface area (Å²) in [5.74, 6) is -0.666. The zero-order valence-electron chi connectivity index (χ0n) is 18.3. The number of imide groups is 1. The van der Waals surface area contributed by atoms with Gasteiger partial charge in [-0.3, -0.25) is 10.1 Å². The highest BCUT2D eigenvalue weighted by atomic mass is 16.5. The molecule has 8 nitrogen and oxygen atoms in total. The van der Waals surface area contributed by atoms with Crippen LogP contribution >= 0.6 is 0 Å². The van der Waals surface area contributed by atoms with E-state index in [1.807, 2.05) is 53.9 Å². The maximum absolute atomic E-state index is 13.2. The smallest absolute Gasteiger partial charge is 0.339 e. The number of primary amides is 1. The Morgan fingerprint density at radius 3 is 2.52 bits per heavy atom. The van der Waals surface area contributed by atoms with Gasteiger partial charge in [0.1, 0.15) is 5.75 Å². The van der Waals surface area contributed by atoms with E-state index >= 15 is 0 Å². The fourth-order valence-corrected chi connectivity index (χ4v) is 3.91. The summed E-state index contributed by atoms with van der Waals surface area (Å²) < 4.78 is 10.6. The Hall–Kier alpha value is -4.20. The van der Waals surface area contributed by atoms with Gasteiger partial charge in [-0.05, 0) is 60.7 Å². The third kappa shape index (κ3) is 4.55. The molecular weight excluding hydrogens is 422 g/mol. The highest BCUT2D eigenvalue weighted by Crippen LogP contribution is 2.38. The molecule has 1 aliphatic carbocycles. The van der Waals surface area contributed by atoms with E-state index < -0.39 is 24.0 Å². The number of allylic oxidation sites excluding steroid dienone is 1. The van der Waals surface area contributed by atoms with E-state index in [0.29, 0.717) is 29.3 Å². The first-order valence-electron chi connectivity index (χ1n) is 10.4. The Bertz CT molecular complexity index is 1280. The Kier molecular flexibility index (Phi) is 6.08. The topological polar surface area (TPSA) is 121 Å². The Morgan fingerprint density at radius 2 is 1.82 bits per heavy atom. The molecule has 0 saturated heterocycles. The van der Waals surface area contributed by atoms with Gasteiger partial charge >= 0.3 is 12.0 Å². The summed E-state index contributed by atoms with van der Waals surface area (Å²) in [4.78, 5) is 40.9. The van der Waals surface area contributed by atoms with Gasteiger partial charge in [0.25, 0.3) is 5.91 Å². The van der Waals surface area contributed by atoms with E-state index in [1.165, 1.54) is 6.92 Å². The third-order valence-corrected chi connectivity index (χ3v) is 5.50. The largest absolute Gasteiger partial charge is 0.497 e. The summed E-state index contributed by atoms with van der Waals surface area (Å²) in [6.45, 7) is 1.38. The molecular formula is C25H23N3O5. The molecule has 4 rings (SSSR count). The van der Waals surface area contributed by atoms with E-state index in [-0.39, 0.29) is 0 Å². The number of pyridine rings is 1. The Balaban J connectivity index is 1.73. The van der Waals surface area contributed by atoms with Crippen LogP contribution in [0.1, 0.15) is 40.5 Å². The number of fused-ring (bicyclic) bond motifs is 2. The second kappa shape index (κ2) is 9.12. The van der Waals surface area contributed by atoms with Crippen molar-refractivity contribution in [2.24, 2.45) is 5.73 Å². The predicted octanol–water partition coefficient (Wildman–Crippen LogP) is 3.47. The number of nitrogens with one attached hydrogen (secondary N) is 1. The maximum atomic E-state index is 13.2. The molecule has 1 aliphatic rings. The van der Waals surface area contributed by atoms with E-state index in [9.17, 15) is 14.4 Å². The number of hydrogen-bond acceptors (Lipinski definition) is 6. The number of amides is 3. The number of nitrogens with zero attached hydrogens (tertiary/aromatic N) is 1. The van der Waals surface area contributed by atoms with Crippen LogP contribution in [-0.2, 0) is 16.0 Å². The quantitative estimate of drug-likeness (QED) is 0.580. The molecule has 1 heterocycles. The molecule has 1 unspecified atom stereocenters. The molecule has 3 N–H and O–H groups in total. The number of methoxy groups -OCH3 is 1. The van der Waals surface area contributed by atoms with Crippen molar-refractivity contribution < 1.29 is 23.9 Å². The second-order valence-corrected chi connectivity index (χ2v) is 7.67. The molecule has 0 bridgehead atoms. The van der Waals surface area contributed by atoms with E-state index in [4.69, 9.17) is 20.2 Å². The lowest BCUT2D eigenvalue weighted by Crippen LogP contribution is -2.42.